The maximum Gasteiger partial charge on any atom is 0.330 e. The van der Waals surface area contributed by atoms with Crippen LogP contribution in [0.4, 0.5) is 0 Å². The predicted molar refractivity (Wildman–Crippen MR) is 101 cm³/mol. The minimum Gasteiger partial charge on any atom is -0.493 e. The van der Waals surface area contributed by atoms with Crippen LogP contribution < -0.4 is 10.1 Å². The normalized spacial score (nSPS) is 13.8. The van der Waals surface area contributed by atoms with Crippen LogP contribution in [0.3, 0.4) is 0 Å². The van der Waals surface area contributed by atoms with Gasteiger partial charge in [-0.05, 0) is 47.5 Å². The molecular formula is C20H21NO4S. The third-order valence-electron chi connectivity index (χ3n) is 4.06. The van der Waals surface area contributed by atoms with Crippen LogP contribution >= 0.6 is 11.8 Å². The molecule has 2 aromatic rings. The summed E-state index contributed by atoms with van der Waals surface area (Å²) < 4.78 is 5.45. The Kier molecular flexibility index (Phi) is 5.52. The van der Waals surface area contributed by atoms with Crippen molar-refractivity contribution in [2.45, 2.75) is 36.5 Å². The number of fused-ring (bicyclic) bond motifs is 1. The Hall–Kier alpha value is -2.47. The van der Waals surface area contributed by atoms with Crippen LogP contribution in [0.25, 0.3) is 0 Å². The van der Waals surface area contributed by atoms with Gasteiger partial charge in [-0.2, -0.15) is 0 Å². The number of carbonyl (C=O) groups is 2. The van der Waals surface area contributed by atoms with Crippen molar-refractivity contribution in [3.05, 3.63) is 59.2 Å². The lowest BCUT2D eigenvalue weighted by molar-refractivity contribution is -0.139. The van der Waals surface area contributed by atoms with E-state index in [9.17, 15) is 14.7 Å². The van der Waals surface area contributed by atoms with Crippen LogP contribution in [-0.2, 0) is 11.2 Å². The van der Waals surface area contributed by atoms with E-state index in [-0.39, 0.29) is 0 Å². The predicted octanol–water partition coefficient (Wildman–Crippen LogP) is 3.68. The smallest absolute Gasteiger partial charge is 0.330 e. The first-order valence-electron chi connectivity index (χ1n) is 8.50. The summed E-state index contributed by atoms with van der Waals surface area (Å²) in [5.74, 6) is -0.720. The zero-order valence-electron chi connectivity index (χ0n) is 14.7. The molecular weight excluding hydrogens is 350 g/mol. The first-order chi connectivity index (χ1) is 12.4. The van der Waals surface area contributed by atoms with Gasteiger partial charge in [-0.15, -0.1) is 11.8 Å². The highest BCUT2D eigenvalue weighted by molar-refractivity contribution is 7.99. The van der Waals surface area contributed by atoms with Gasteiger partial charge in [-0.1, -0.05) is 19.9 Å². The van der Waals surface area contributed by atoms with Gasteiger partial charge >= 0.3 is 5.97 Å². The number of aliphatic carboxylic acids is 1. The minimum absolute atomic E-state index is 0.407. The van der Waals surface area contributed by atoms with Gasteiger partial charge < -0.3 is 15.2 Å². The summed E-state index contributed by atoms with van der Waals surface area (Å²) in [6.45, 7) is 4.80. The van der Waals surface area contributed by atoms with Crippen molar-refractivity contribution in [3.8, 4) is 5.75 Å². The maximum absolute atomic E-state index is 12.5. The van der Waals surface area contributed by atoms with E-state index in [0.717, 1.165) is 22.6 Å². The highest BCUT2D eigenvalue weighted by Crippen LogP contribution is 2.28. The standard InChI is InChI=1S/C20H21NO4S/c1-12(2)26-16-6-3-13(4-7-16)19(22)21-18(20(23)24)15-5-8-17-14(11-15)9-10-25-17/h3-8,11-12,18H,9-10H2,1-2H3,(H,21,22)(H,23,24). The first-order valence-corrected chi connectivity index (χ1v) is 9.38. The van der Waals surface area contributed by atoms with Crippen LogP contribution in [0.1, 0.15) is 41.4 Å². The molecule has 1 amide bonds. The zero-order valence-corrected chi connectivity index (χ0v) is 15.5. The highest BCUT2D eigenvalue weighted by atomic mass is 32.2. The topological polar surface area (TPSA) is 75.6 Å². The molecule has 5 nitrogen and oxygen atoms in total. The molecule has 0 radical (unpaired) electrons. The summed E-state index contributed by atoms with van der Waals surface area (Å²) in [5.41, 5.74) is 1.95. The summed E-state index contributed by atoms with van der Waals surface area (Å²) in [4.78, 5) is 25.3. The molecule has 1 aliphatic heterocycles. The third kappa shape index (κ3) is 4.19. The summed E-state index contributed by atoms with van der Waals surface area (Å²) in [6, 6.07) is 11.3. The number of carboxylic acids is 1. The fourth-order valence-electron chi connectivity index (χ4n) is 2.85. The number of hydrogen-bond acceptors (Lipinski definition) is 4. The highest BCUT2D eigenvalue weighted by Gasteiger charge is 2.24. The molecule has 3 rings (SSSR count). The SMILES string of the molecule is CC(C)Sc1ccc(C(=O)NC(C(=O)O)c2ccc3c(c2)CCO3)cc1. The minimum atomic E-state index is -1.10. The molecule has 1 heterocycles. The van der Waals surface area contributed by atoms with E-state index in [0.29, 0.717) is 23.0 Å². The first kappa shape index (κ1) is 18.3. The quantitative estimate of drug-likeness (QED) is 0.758. The van der Waals surface area contributed by atoms with Gasteiger partial charge in [-0.25, -0.2) is 4.79 Å². The van der Waals surface area contributed by atoms with Crippen LogP contribution in [0.5, 0.6) is 5.75 Å². The molecule has 2 N–H and O–H groups in total. The number of carboxylic acid groups (broad SMARTS) is 1. The Morgan fingerprint density at radius 2 is 1.88 bits per heavy atom. The average Bonchev–Trinajstić information content (AvgIpc) is 3.07. The largest absolute Gasteiger partial charge is 0.493 e. The number of carbonyl (C=O) groups excluding carboxylic acids is 1. The number of benzene rings is 2. The van der Waals surface area contributed by atoms with Crippen molar-refractivity contribution in [2.24, 2.45) is 0 Å². The molecule has 136 valence electrons. The van der Waals surface area contributed by atoms with Gasteiger partial charge in [0.2, 0.25) is 0 Å². The van der Waals surface area contributed by atoms with Gasteiger partial charge in [0, 0.05) is 22.1 Å². The van der Waals surface area contributed by atoms with E-state index < -0.39 is 17.9 Å². The van der Waals surface area contributed by atoms with E-state index >= 15 is 0 Å². The Morgan fingerprint density at radius 1 is 1.15 bits per heavy atom. The Labute approximate surface area is 156 Å². The number of nitrogens with one attached hydrogen (secondary N) is 1. The molecule has 0 fully saturated rings. The second kappa shape index (κ2) is 7.83. The van der Waals surface area contributed by atoms with E-state index in [1.807, 2.05) is 12.1 Å². The van der Waals surface area contributed by atoms with Crippen molar-refractivity contribution in [1.29, 1.82) is 0 Å². The van der Waals surface area contributed by atoms with Crippen LogP contribution in [0.15, 0.2) is 47.4 Å². The molecule has 1 atom stereocenters. The summed E-state index contributed by atoms with van der Waals surface area (Å²) in [6.07, 6.45) is 0.748. The van der Waals surface area contributed by atoms with Crippen molar-refractivity contribution in [1.82, 2.24) is 5.32 Å². The van der Waals surface area contributed by atoms with Crippen molar-refractivity contribution < 1.29 is 19.4 Å². The molecule has 0 saturated carbocycles. The average molecular weight is 371 g/mol. The van der Waals surface area contributed by atoms with Gasteiger partial charge in [0.15, 0.2) is 6.04 Å². The third-order valence-corrected chi connectivity index (χ3v) is 5.07. The molecule has 0 spiro atoms. The van der Waals surface area contributed by atoms with Crippen molar-refractivity contribution >= 4 is 23.6 Å². The lowest BCUT2D eigenvalue weighted by atomic mass is 10.0. The summed E-state index contributed by atoms with van der Waals surface area (Å²) >= 11 is 1.71. The van der Waals surface area contributed by atoms with Gasteiger partial charge in [0.25, 0.3) is 5.91 Å². The monoisotopic (exact) mass is 371 g/mol. The molecule has 1 unspecified atom stereocenters. The van der Waals surface area contributed by atoms with E-state index in [2.05, 4.69) is 19.2 Å². The lowest BCUT2D eigenvalue weighted by Gasteiger charge is -2.16. The number of amides is 1. The molecule has 26 heavy (non-hydrogen) atoms. The van der Waals surface area contributed by atoms with Gasteiger partial charge in [0.1, 0.15) is 5.75 Å². The van der Waals surface area contributed by atoms with Gasteiger partial charge in [0.05, 0.1) is 6.61 Å². The van der Waals surface area contributed by atoms with Gasteiger partial charge in [-0.3, -0.25) is 4.79 Å². The Bertz CT molecular complexity index is 817. The van der Waals surface area contributed by atoms with Crippen LogP contribution in [0.2, 0.25) is 0 Å². The summed E-state index contributed by atoms with van der Waals surface area (Å²) in [7, 11) is 0. The molecule has 2 aromatic carbocycles. The fourth-order valence-corrected chi connectivity index (χ4v) is 3.68. The second-order valence-electron chi connectivity index (χ2n) is 6.40. The molecule has 0 bridgehead atoms. The second-order valence-corrected chi connectivity index (χ2v) is 8.05. The van der Waals surface area contributed by atoms with E-state index in [4.69, 9.17) is 4.74 Å². The number of thioether (sulfide) groups is 1. The maximum atomic E-state index is 12.5. The molecule has 0 saturated heterocycles. The van der Waals surface area contributed by atoms with E-state index in [1.165, 1.54) is 0 Å². The lowest BCUT2D eigenvalue weighted by Crippen LogP contribution is -2.33. The van der Waals surface area contributed by atoms with Crippen molar-refractivity contribution in [2.75, 3.05) is 6.61 Å². The van der Waals surface area contributed by atoms with E-state index in [1.54, 1.807) is 42.1 Å². The molecule has 0 aromatic heterocycles. The zero-order chi connectivity index (χ0) is 18.7. The Balaban J connectivity index is 1.75. The van der Waals surface area contributed by atoms with Crippen LogP contribution in [0, 0.1) is 0 Å². The molecule has 1 aliphatic rings. The fraction of sp³-hybridized carbons (Fsp3) is 0.300. The van der Waals surface area contributed by atoms with Crippen LogP contribution in [-0.4, -0.2) is 28.8 Å². The Morgan fingerprint density at radius 3 is 2.54 bits per heavy atom. The number of hydrogen-bond donors (Lipinski definition) is 2. The summed E-state index contributed by atoms with van der Waals surface area (Å²) in [5, 5.41) is 12.6. The van der Waals surface area contributed by atoms with Crippen molar-refractivity contribution in [3.63, 3.8) is 0 Å². The number of ether oxygens (including phenoxy) is 1. The molecule has 6 heteroatoms. The molecule has 0 aliphatic carbocycles. The number of rotatable bonds is 6.